The van der Waals surface area contributed by atoms with Crippen LogP contribution in [0.5, 0.6) is 0 Å². The Morgan fingerprint density at radius 2 is 1.83 bits per heavy atom. The van der Waals surface area contributed by atoms with Crippen LogP contribution in [-0.2, 0) is 24.6 Å². The molecule has 0 unspecified atom stereocenters. The van der Waals surface area contributed by atoms with E-state index in [9.17, 15) is 16.8 Å². The van der Waals surface area contributed by atoms with E-state index in [4.69, 9.17) is 21.0 Å². The van der Waals surface area contributed by atoms with Crippen LogP contribution in [0.25, 0.3) is 0 Å². The Kier molecular flexibility index (Phi) is 5.18. The predicted molar refractivity (Wildman–Crippen MR) is 89.4 cm³/mol. The van der Waals surface area contributed by atoms with Gasteiger partial charge in [-0.1, -0.05) is 0 Å². The Bertz CT molecular complexity index is 859. The van der Waals surface area contributed by atoms with Crippen LogP contribution in [0.2, 0.25) is 0 Å². The first-order valence-corrected chi connectivity index (χ1v) is 10.5. The molecule has 11 heteroatoms. The van der Waals surface area contributed by atoms with E-state index >= 15 is 0 Å². The minimum absolute atomic E-state index is 0.00531. The highest BCUT2D eigenvalue weighted by atomic mass is 32.2. The molecular formula is C13H20N4O5S2. The normalized spacial score (nSPS) is 16.8. The molecule has 134 valence electrons. The third-order valence-corrected chi connectivity index (χ3v) is 5.92. The topological polar surface area (TPSA) is 165 Å². The fraction of sp³-hybridized carbons (Fsp3) is 0.462. The number of amidine groups is 1. The number of rotatable bonds is 5. The second-order valence-electron chi connectivity index (χ2n) is 5.58. The summed E-state index contributed by atoms with van der Waals surface area (Å²) in [6, 6.07) is 2.55. The molecule has 1 fully saturated rings. The number of nitrogens with one attached hydrogen (secondary N) is 2. The van der Waals surface area contributed by atoms with Gasteiger partial charge in [0.15, 0.2) is 9.84 Å². The number of hydrogen-bond donors (Lipinski definition) is 4. The van der Waals surface area contributed by atoms with Crippen LogP contribution in [0.15, 0.2) is 21.9 Å². The van der Waals surface area contributed by atoms with Crippen LogP contribution in [0.1, 0.15) is 18.4 Å². The van der Waals surface area contributed by atoms with Gasteiger partial charge in [0.2, 0.25) is 10.0 Å². The molecule has 1 aromatic rings. The molecule has 0 amide bonds. The summed E-state index contributed by atoms with van der Waals surface area (Å²) < 4.78 is 53.0. The molecule has 2 rings (SSSR count). The highest BCUT2D eigenvalue weighted by Crippen LogP contribution is 2.31. The van der Waals surface area contributed by atoms with Gasteiger partial charge in [-0.2, -0.15) is 0 Å². The quantitative estimate of drug-likeness (QED) is 0.401. The zero-order valence-electron chi connectivity index (χ0n) is 13.1. The Morgan fingerprint density at radius 1 is 1.25 bits per heavy atom. The first kappa shape index (κ1) is 18.6. The number of benzene rings is 1. The minimum Gasteiger partial charge on any atom is -0.384 e. The highest BCUT2D eigenvalue weighted by Gasteiger charge is 2.29. The van der Waals surface area contributed by atoms with Crippen LogP contribution < -0.4 is 16.2 Å². The second-order valence-corrected chi connectivity index (χ2v) is 9.06. The maximum atomic E-state index is 12.0. The average Bonchev–Trinajstić information content (AvgIpc) is 2.45. The smallest absolute Gasteiger partial charge is 0.240 e. The summed E-state index contributed by atoms with van der Waals surface area (Å²) in [5, 5.41) is 16.0. The van der Waals surface area contributed by atoms with Crippen molar-refractivity contribution in [1.29, 1.82) is 5.41 Å². The zero-order chi connectivity index (χ0) is 18.1. The van der Waals surface area contributed by atoms with Gasteiger partial charge in [-0.05, 0) is 25.0 Å². The molecule has 1 aliphatic heterocycles. The van der Waals surface area contributed by atoms with Gasteiger partial charge in [0.05, 0.1) is 10.5 Å². The summed E-state index contributed by atoms with van der Waals surface area (Å²) in [6.07, 6.45) is 2.25. The lowest BCUT2D eigenvalue weighted by molar-refractivity contribution is 0.0904. The monoisotopic (exact) mass is 376 g/mol. The van der Waals surface area contributed by atoms with Crippen LogP contribution in [0, 0.1) is 5.41 Å². The Morgan fingerprint density at radius 3 is 2.29 bits per heavy atom. The molecule has 0 spiro atoms. The number of primary sulfonamides is 1. The number of nitrogen functional groups attached to an aromatic ring is 1. The maximum absolute atomic E-state index is 12.0. The lowest BCUT2D eigenvalue weighted by Crippen LogP contribution is -2.30. The van der Waals surface area contributed by atoms with Crippen molar-refractivity contribution in [1.82, 2.24) is 0 Å². The van der Waals surface area contributed by atoms with E-state index in [-0.39, 0.29) is 17.3 Å². The molecule has 0 aliphatic carbocycles. The van der Waals surface area contributed by atoms with E-state index in [1.807, 2.05) is 0 Å². The van der Waals surface area contributed by atoms with Crippen molar-refractivity contribution < 1.29 is 21.6 Å². The summed E-state index contributed by atoms with van der Waals surface area (Å²) in [5.41, 5.74) is 5.56. The first-order chi connectivity index (χ1) is 11.0. The Balaban J connectivity index is 2.67. The summed E-state index contributed by atoms with van der Waals surface area (Å²) in [6.45, 7) is 1.10. The van der Waals surface area contributed by atoms with Crippen molar-refractivity contribution in [3.05, 3.63) is 17.7 Å². The predicted octanol–water partition coefficient (Wildman–Crippen LogP) is -0.388. The van der Waals surface area contributed by atoms with Gasteiger partial charge in [0.25, 0.3) is 0 Å². The number of sulfonamides is 1. The molecule has 0 saturated carbocycles. The number of sulfone groups is 1. The van der Waals surface area contributed by atoms with Gasteiger partial charge in [-0.15, -0.1) is 0 Å². The number of ether oxygens (including phenoxy) is 1. The SMILES string of the molecule is CS(=O)(=O)c1ccc(NC2CCOCC2)c(C(=N)N)c1S(N)(=O)=O. The van der Waals surface area contributed by atoms with Crippen LogP contribution in [0.4, 0.5) is 5.69 Å². The summed E-state index contributed by atoms with van der Waals surface area (Å²) >= 11 is 0. The van der Waals surface area contributed by atoms with Gasteiger partial charge in [-0.25, -0.2) is 22.0 Å². The molecule has 1 heterocycles. The number of hydrogen-bond acceptors (Lipinski definition) is 7. The standard InChI is InChI=1S/C13H20N4O5S2/c1-23(18,19)10-3-2-9(17-8-4-6-22-7-5-8)11(13(14)15)12(10)24(16,20)21/h2-3,8,17H,4-7H2,1H3,(H3,14,15)(H2,16,20,21). The molecule has 0 aromatic heterocycles. The number of anilines is 1. The summed E-state index contributed by atoms with van der Waals surface area (Å²) in [5.74, 6) is -0.584. The second kappa shape index (κ2) is 6.67. The van der Waals surface area contributed by atoms with Gasteiger partial charge in [0, 0.05) is 31.2 Å². The Labute approximate surface area is 140 Å². The molecule has 9 nitrogen and oxygen atoms in total. The summed E-state index contributed by atoms with van der Waals surface area (Å²) in [4.78, 5) is -1.14. The van der Waals surface area contributed by atoms with Crippen molar-refractivity contribution in [3.8, 4) is 0 Å². The minimum atomic E-state index is -4.42. The van der Waals surface area contributed by atoms with E-state index < -0.39 is 35.5 Å². The van der Waals surface area contributed by atoms with Gasteiger partial charge < -0.3 is 15.8 Å². The van der Waals surface area contributed by atoms with E-state index in [0.717, 1.165) is 12.3 Å². The van der Waals surface area contributed by atoms with E-state index in [0.29, 0.717) is 26.1 Å². The van der Waals surface area contributed by atoms with E-state index in [2.05, 4.69) is 5.32 Å². The van der Waals surface area contributed by atoms with Crippen LogP contribution >= 0.6 is 0 Å². The fourth-order valence-electron chi connectivity index (χ4n) is 2.59. The van der Waals surface area contributed by atoms with Gasteiger partial charge in [-0.3, -0.25) is 5.41 Å². The van der Waals surface area contributed by atoms with Crippen molar-refractivity contribution in [3.63, 3.8) is 0 Å². The summed E-state index contributed by atoms with van der Waals surface area (Å²) in [7, 11) is -8.30. The Hall–Kier alpha value is -1.69. The largest absolute Gasteiger partial charge is 0.384 e. The maximum Gasteiger partial charge on any atom is 0.240 e. The van der Waals surface area contributed by atoms with Gasteiger partial charge in [0.1, 0.15) is 10.7 Å². The number of nitrogens with two attached hydrogens (primary N) is 2. The van der Waals surface area contributed by atoms with E-state index in [1.165, 1.54) is 6.07 Å². The molecule has 0 bridgehead atoms. The molecule has 1 aliphatic rings. The zero-order valence-corrected chi connectivity index (χ0v) is 14.7. The van der Waals surface area contributed by atoms with Crippen molar-refractivity contribution >= 4 is 31.4 Å². The molecular weight excluding hydrogens is 356 g/mol. The van der Waals surface area contributed by atoms with Crippen molar-refractivity contribution in [2.45, 2.75) is 28.7 Å². The highest BCUT2D eigenvalue weighted by molar-refractivity contribution is 7.93. The van der Waals surface area contributed by atoms with Gasteiger partial charge >= 0.3 is 0 Å². The van der Waals surface area contributed by atoms with Crippen molar-refractivity contribution in [2.24, 2.45) is 10.9 Å². The van der Waals surface area contributed by atoms with E-state index in [1.54, 1.807) is 0 Å². The lowest BCUT2D eigenvalue weighted by atomic mass is 10.1. The van der Waals surface area contributed by atoms with Crippen LogP contribution in [0.3, 0.4) is 0 Å². The molecule has 6 N–H and O–H groups in total. The third kappa shape index (κ3) is 4.04. The molecule has 0 radical (unpaired) electrons. The molecule has 0 atom stereocenters. The fourth-order valence-corrected chi connectivity index (χ4v) is 5.00. The first-order valence-electron chi connectivity index (χ1n) is 7.10. The average molecular weight is 376 g/mol. The van der Waals surface area contributed by atoms with Crippen LogP contribution in [-0.4, -0.2) is 48.2 Å². The third-order valence-electron chi connectivity index (χ3n) is 3.66. The lowest BCUT2D eigenvalue weighted by Gasteiger charge is -2.26. The molecule has 1 saturated heterocycles. The molecule has 24 heavy (non-hydrogen) atoms. The molecule has 1 aromatic carbocycles. The van der Waals surface area contributed by atoms with Crippen molar-refractivity contribution in [2.75, 3.05) is 24.8 Å².